The lowest BCUT2D eigenvalue weighted by Gasteiger charge is -2.28. The molecule has 0 aliphatic rings. The predicted molar refractivity (Wildman–Crippen MR) is 87.9 cm³/mol. The van der Waals surface area contributed by atoms with Crippen molar-refractivity contribution < 1.29 is 9.53 Å². The zero-order valence-corrected chi connectivity index (χ0v) is 14.1. The van der Waals surface area contributed by atoms with Crippen molar-refractivity contribution in [1.82, 2.24) is 5.32 Å². The average molecular weight is 292 g/mol. The maximum atomic E-state index is 11.8. The molecule has 1 unspecified atom stereocenters. The number of benzene rings is 1. The number of hydrogen-bond donors (Lipinski definition) is 1. The van der Waals surface area contributed by atoms with Crippen LogP contribution in [0.1, 0.15) is 30.9 Å². The monoisotopic (exact) mass is 292 g/mol. The number of nitrogens with one attached hydrogen (secondary N) is 1. The number of esters is 1. The molecule has 1 aromatic carbocycles. The van der Waals surface area contributed by atoms with Crippen LogP contribution in [0.15, 0.2) is 18.2 Å². The van der Waals surface area contributed by atoms with Crippen LogP contribution in [-0.2, 0) is 9.53 Å². The lowest BCUT2D eigenvalue weighted by Crippen LogP contribution is -2.48. The quantitative estimate of drug-likeness (QED) is 0.785. The van der Waals surface area contributed by atoms with Crippen LogP contribution in [0.25, 0.3) is 0 Å². The van der Waals surface area contributed by atoms with Gasteiger partial charge in [0, 0.05) is 19.3 Å². The van der Waals surface area contributed by atoms with Gasteiger partial charge in [0.25, 0.3) is 0 Å². The van der Waals surface area contributed by atoms with Crippen LogP contribution in [0.4, 0.5) is 5.69 Å². The number of nitrogens with zero attached hydrogens (tertiary/aromatic N) is 1. The number of likely N-dealkylation sites (N-methyl/N-ethyl adjacent to an activating group) is 1. The molecule has 4 nitrogen and oxygen atoms in total. The maximum Gasteiger partial charge on any atom is 0.325 e. The Labute approximate surface area is 128 Å². The fourth-order valence-electron chi connectivity index (χ4n) is 2.58. The normalized spacial score (nSPS) is 13.6. The highest BCUT2D eigenvalue weighted by Gasteiger charge is 2.31. The van der Waals surface area contributed by atoms with Gasteiger partial charge in [-0.05, 0) is 52.3 Å². The van der Waals surface area contributed by atoms with E-state index >= 15 is 0 Å². The molecular weight excluding hydrogens is 264 g/mol. The number of anilines is 1. The van der Waals surface area contributed by atoms with E-state index in [0.29, 0.717) is 0 Å². The zero-order chi connectivity index (χ0) is 16.0. The van der Waals surface area contributed by atoms with Crippen LogP contribution in [0.2, 0.25) is 0 Å². The molecule has 4 heteroatoms. The third-order valence-electron chi connectivity index (χ3n) is 4.12. The lowest BCUT2D eigenvalue weighted by molar-refractivity contribution is -0.148. The summed E-state index contributed by atoms with van der Waals surface area (Å²) in [5.74, 6) is -0.209. The molecule has 21 heavy (non-hydrogen) atoms. The third-order valence-corrected chi connectivity index (χ3v) is 4.12. The van der Waals surface area contributed by atoms with Crippen LogP contribution in [0, 0.1) is 13.8 Å². The molecule has 0 aliphatic carbocycles. The highest BCUT2D eigenvalue weighted by atomic mass is 16.5. The van der Waals surface area contributed by atoms with Crippen LogP contribution in [-0.4, -0.2) is 39.3 Å². The number of rotatable bonds is 7. The molecule has 0 fully saturated rings. The molecular formula is C17H28N2O2. The Morgan fingerprint density at radius 2 is 2.05 bits per heavy atom. The molecule has 0 saturated carbocycles. The molecule has 118 valence electrons. The van der Waals surface area contributed by atoms with Gasteiger partial charge in [-0.1, -0.05) is 17.7 Å². The van der Waals surface area contributed by atoms with E-state index in [1.165, 1.54) is 23.9 Å². The summed E-state index contributed by atoms with van der Waals surface area (Å²) in [7, 11) is 5.32. The Hall–Kier alpha value is -1.55. The number of methoxy groups -OCH3 is 1. The van der Waals surface area contributed by atoms with E-state index in [2.05, 4.69) is 49.3 Å². The summed E-state index contributed by atoms with van der Waals surface area (Å²) in [6.45, 7) is 7.02. The van der Waals surface area contributed by atoms with Gasteiger partial charge >= 0.3 is 5.97 Å². The molecule has 0 aromatic heterocycles. The number of carbonyl (C=O) groups excluding carboxylic acids is 1. The first-order chi connectivity index (χ1) is 9.84. The molecule has 0 amide bonds. The smallest absolute Gasteiger partial charge is 0.325 e. The van der Waals surface area contributed by atoms with Crippen molar-refractivity contribution in [1.29, 1.82) is 0 Å². The Balaban J connectivity index is 2.60. The highest BCUT2D eigenvalue weighted by molar-refractivity contribution is 5.80. The second-order valence-corrected chi connectivity index (χ2v) is 5.89. The van der Waals surface area contributed by atoms with Gasteiger partial charge in [0.05, 0.1) is 7.11 Å². The van der Waals surface area contributed by atoms with Gasteiger partial charge in [-0.2, -0.15) is 0 Å². The van der Waals surface area contributed by atoms with Gasteiger partial charge in [0.2, 0.25) is 0 Å². The summed E-state index contributed by atoms with van der Waals surface area (Å²) in [5.41, 5.74) is 3.18. The van der Waals surface area contributed by atoms with Gasteiger partial charge in [-0.3, -0.25) is 4.79 Å². The lowest BCUT2D eigenvalue weighted by atomic mass is 9.96. The molecule has 0 bridgehead atoms. The molecule has 1 rings (SSSR count). The predicted octanol–water partition coefficient (Wildman–Crippen LogP) is 2.67. The summed E-state index contributed by atoms with van der Waals surface area (Å²) in [6.07, 6.45) is 1.65. The summed E-state index contributed by atoms with van der Waals surface area (Å²) < 4.78 is 4.87. The standard InChI is InChI=1S/C17H28N2O2/c1-13-8-9-15(14(2)12-13)19(5)11-7-10-17(3,18-4)16(20)21-6/h8-9,12,18H,7,10-11H2,1-6H3. The van der Waals surface area contributed by atoms with Crippen LogP contribution in [0.5, 0.6) is 0 Å². The Morgan fingerprint density at radius 1 is 1.38 bits per heavy atom. The van der Waals surface area contributed by atoms with Crippen molar-refractivity contribution >= 4 is 11.7 Å². The van der Waals surface area contributed by atoms with Crippen molar-refractivity contribution in [3.05, 3.63) is 29.3 Å². The molecule has 0 saturated heterocycles. The Bertz CT molecular complexity index is 488. The summed E-state index contributed by atoms with van der Waals surface area (Å²) in [5, 5.41) is 3.07. The molecule has 1 atom stereocenters. The van der Waals surface area contributed by atoms with Crippen molar-refractivity contribution in [3.63, 3.8) is 0 Å². The van der Waals surface area contributed by atoms with Crippen LogP contribution in [0.3, 0.4) is 0 Å². The van der Waals surface area contributed by atoms with Crippen molar-refractivity contribution in [2.75, 3.05) is 32.6 Å². The first kappa shape index (κ1) is 17.5. The van der Waals surface area contributed by atoms with E-state index in [1.54, 1.807) is 7.05 Å². The summed E-state index contributed by atoms with van der Waals surface area (Å²) in [4.78, 5) is 14.0. The van der Waals surface area contributed by atoms with Gasteiger partial charge in [-0.25, -0.2) is 0 Å². The minimum Gasteiger partial charge on any atom is -0.468 e. The fourth-order valence-corrected chi connectivity index (χ4v) is 2.58. The van der Waals surface area contributed by atoms with E-state index in [1.807, 2.05) is 6.92 Å². The van der Waals surface area contributed by atoms with Crippen molar-refractivity contribution in [2.24, 2.45) is 0 Å². The van der Waals surface area contributed by atoms with Crippen molar-refractivity contribution in [3.8, 4) is 0 Å². The molecule has 1 aromatic rings. The van der Waals surface area contributed by atoms with Gasteiger partial charge < -0.3 is 15.0 Å². The number of ether oxygens (including phenoxy) is 1. The molecule has 0 radical (unpaired) electrons. The number of carbonyl (C=O) groups is 1. The Kier molecular flexibility index (Phi) is 6.21. The molecule has 0 heterocycles. The molecule has 0 spiro atoms. The maximum absolute atomic E-state index is 11.8. The van der Waals surface area contributed by atoms with Crippen molar-refractivity contribution in [2.45, 2.75) is 39.2 Å². The topological polar surface area (TPSA) is 41.6 Å². The van der Waals surface area contributed by atoms with Gasteiger partial charge in [0.1, 0.15) is 5.54 Å². The van der Waals surface area contributed by atoms with E-state index in [0.717, 1.165) is 19.4 Å². The van der Waals surface area contributed by atoms with E-state index in [-0.39, 0.29) is 5.97 Å². The van der Waals surface area contributed by atoms with Crippen LogP contribution >= 0.6 is 0 Å². The highest BCUT2D eigenvalue weighted by Crippen LogP contribution is 2.21. The van der Waals surface area contributed by atoms with Gasteiger partial charge in [-0.15, -0.1) is 0 Å². The minimum atomic E-state index is -0.613. The summed E-state index contributed by atoms with van der Waals surface area (Å²) >= 11 is 0. The SMILES string of the molecule is CNC(C)(CCCN(C)c1ccc(C)cc1C)C(=O)OC. The second-order valence-electron chi connectivity index (χ2n) is 5.89. The zero-order valence-electron chi connectivity index (χ0n) is 14.1. The first-order valence-electron chi connectivity index (χ1n) is 7.40. The number of hydrogen-bond acceptors (Lipinski definition) is 4. The third kappa shape index (κ3) is 4.46. The largest absolute Gasteiger partial charge is 0.468 e. The fraction of sp³-hybridized carbons (Fsp3) is 0.588. The number of aryl methyl sites for hydroxylation is 2. The van der Waals surface area contributed by atoms with E-state index in [9.17, 15) is 4.79 Å². The molecule has 0 aliphatic heterocycles. The van der Waals surface area contributed by atoms with E-state index < -0.39 is 5.54 Å². The second kappa shape index (κ2) is 7.46. The van der Waals surface area contributed by atoms with Crippen LogP contribution < -0.4 is 10.2 Å². The van der Waals surface area contributed by atoms with E-state index in [4.69, 9.17) is 4.74 Å². The minimum absolute atomic E-state index is 0.209. The Morgan fingerprint density at radius 3 is 2.57 bits per heavy atom. The molecule has 1 N–H and O–H groups in total. The first-order valence-corrected chi connectivity index (χ1v) is 7.40. The van der Waals surface area contributed by atoms with Gasteiger partial charge in [0.15, 0.2) is 0 Å². The average Bonchev–Trinajstić information content (AvgIpc) is 2.45. The summed E-state index contributed by atoms with van der Waals surface area (Å²) in [6, 6.07) is 6.48.